The van der Waals surface area contributed by atoms with Crippen LogP contribution in [0.5, 0.6) is 5.75 Å². The minimum Gasteiger partial charge on any atom is -0.497 e. The highest BCUT2D eigenvalue weighted by Crippen LogP contribution is 2.32. The molecule has 0 saturated carbocycles. The minimum atomic E-state index is -0.483. The Balaban J connectivity index is 1.72. The first-order chi connectivity index (χ1) is 13.2. The fraction of sp³-hybridized carbons (Fsp3) is 0.167. The number of nitrogens with zero attached hydrogens (tertiary/aromatic N) is 3. The van der Waals surface area contributed by atoms with E-state index in [2.05, 4.69) is 10.1 Å². The Hall–Kier alpha value is -3.33. The van der Waals surface area contributed by atoms with Crippen LogP contribution in [0.25, 0.3) is 10.2 Å². The number of thiazole rings is 1. The third-order valence-electron chi connectivity index (χ3n) is 3.66. The molecule has 1 aliphatic heterocycles. The molecule has 0 N–H and O–H groups in total. The summed E-state index contributed by atoms with van der Waals surface area (Å²) in [4.78, 5) is 17.4. The van der Waals surface area contributed by atoms with Gasteiger partial charge in [-0.2, -0.15) is 10.1 Å². The lowest BCUT2D eigenvalue weighted by Gasteiger charge is -2.18. The number of anilines is 1. The third kappa shape index (κ3) is 3.63. The molecule has 0 spiro atoms. The van der Waals surface area contributed by atoms with Crippen molar-refractivity contribution in [3.8, 4) is 5.75 Å². The van der Waals surface area contributed by atoms with Crippen LogP contribution < -0.4 is 9.75 Å². The number of hydrogen-bond acceptors (Lipinski definition) is 8. The van der Waals surface area contributed by atoms with Gasteiger partial charge in [0, 0.05) is 0 Å². The summed E-state index contributed by atoms with van der Waals surface area (Å²) >= 11 is 1.31. The number of hydrazone groups is 1. The number of carbonyl (C=O) groups excluding carboxylic acids is 1. The van der Waals surface area contributed by atoms with Gasteiger partial charge in [0.05, 0.1) is 29.8 Å². The SMILES string of the molecule is COc1ccc2nc(N(/N=C\c3ccco3)C(=O)C3=COCCO3)sc2c1. The van der Waals surface area contributed by atoms with E-state index in [9.17, 15) is 4.79 Å². The number of aromatic nitrogens is 1. The molecule has 0 unspecified atom stereocenters. The van der Waals surface area contributed by atoms with E-state index in [0.29, 0.717) is 29.9 Å². The molecule has 8 nitrogen and oxygen atoms in total. The summed E-state index contributed by atoms with van der Waals surface area (Å²) in [6, 6.07) is 8.96. The highest BCUT2D eigenvalue weighted by molar-refractivity contribution is 7.22. The number of methoxy groups -OCH3 is 1. The van der Waals surface area contributed by atoms with E-state index in [0.717, 1.165) is 10.2 Å². The zero-order valence-corrected chi connectivity index (χ0v) is 15.1. The Morgan fingerprint density at radius 3 is 3.04 bits per heavy atom. The molecule has 0 fully saturated rings. The predicted molar refractivity (Wildman–Crippen MR) is 99.9 cm³/mol. The van der Waals surface area contributed by atoms with Crippen molar-refractivity contribution in [1.82, 2.24) is 4.98 Å². The zero-order valence-electron chi connectivity index (χ0n) is 14.3. The number of fused-ring (bicyclic) bond motifs is 1. The number of benzene rings is 1. The molecular weight excluding hydrogens is 370 g/mol. The Morgan fingerprint density at radius 1 is 1.37 bits per heavy atom. The number of furan rings is 1. The van der Waals surface area contributed by atoms with Crippen LogP contribution >= 0.6 is 11.3 Å². The molecule has 2 aromatic heterocycles. The number of carbonyl (C=O) groups is 1. The van der Waals surface area contributed by atoms with E-state index in [1.807, 2.05) is 18.2 Å². The van der Waals surface area contributed by atoms with Gasteiger partial charge in [-0.1, -0.05) is 11.3 Å². The summed E-state index contributed by atoms with van der Waals surface area (Å²) in [5, 5.41) is 5.81. The summed E-state index contributed by atoms with van der Waals surface area (Å²) < 4.78 is 21.9. The van der Waals surface area contributed by atoms with Gasteiger partial charge in [0.1, 0.15) is 31.0 Å². The number of ether oxygens (including phenoxy) is 3. The Morgan fingerprint density at radius 2 is 2.30 bits per heavy atom. The normalized spacial score (nSPS) is 13.9. The van der Waals surface area contributed by atoms with Crippen LogP contribution in [-0.2, 0) is 14.3 Å². The van der Waals surface area contributed by atoms with Crippen LogP contribution in [0.15, 0.2) is 58.1 Å². The van der Waals surface area contributed by atoms with Crippen molar-refractivity contribution in [3.63, 3.8) is 0 Å². The van der Waals surface area contributed by atoms with Crippen molar-refractivity contribution in [2.45, 2.75) is 0 Å². The number of hydrogen-bond donors (Lipinski definition) is 0. The number of rotatable bonds is 5. The van der Waals surface area contributed by atoms with E-state index in [1.54, 1.807) is 19.2 Å². The molecule has 27 heavy (non-hydrogen) atoms. The van der Waals surface area contributed by atoms with Crippen molar-refractivity contribution >= 4 is 38.8 Å². The van der Waals surface area contributed by atoms with Crippen molar-refractivity contribution in [3.05, 3.63) is 54.4 Å². The average molecular weight is 385 g/mol. The Bertz CT molecular complexity index is 1010. The maximum absolute atomic E-state index is 12.9. The maximum atomic E-state index is 12.9. The minimum absolute atomic E-state index is 0.0645. The Kier molecular flexibility index (Phi) is 4.75. The summed E-state index contributed by atoms with van der Waals surface area (Å²) in [6.07, 6.45) is 4.25. The molecule has 0 saturated heterocycles. The van der Waals surface area contributed by atoms with Gasteiger partial charge in [0.15, 0.2) is 0 Å². The topological polar surface area (TPSA) is 86.4 Å². The molecule has 1 amide bonds. The van der Waals surface area contributed by atoms with Gasteiger partial charge in [0.25, 0.3) is 0 Å². The molecule has 0 radical (unpaired) electrons. The number of amides is 1. The highest BCUT2D eigenvalue weighted by Gasteiger charge is 2.26. The molecule has 1 aliphatic rings. The standard InChI is InChI=1S/C18H15N3O5S/c1-23-12-4-5-14-16(9-12)27-18(20-14)21(19-10-13-3-2-6-25-13)17(22)15-11-24-7-8-26-15/h2-6,9-11H,7-8H2,1H3/b19-10-. The lowest BCUT2D eigenvalue weighted by Crippen LogP contribution is -2.30. The second-order valence-corrected chi connectivity index (χ2v) is 6.42. The molecular formula is C18H15N3O5S. The second-order valence-electron chi connectivity index (χ2n) is 5.41. The third-order valence-corrected chi connectivity index (χ3v) is 4.66. The lowest BCUT2D eigenvalue weighted by atomic mass is 10.3. The van der Waals surface area contributed by atoms with Gasteiger partial charge < -0.3 is 18.6 Å². The molecule has 0 bridgehead atoms. The summed E-state index contributed by atoms with van der Waals surface area (Å²) in [7, 11) is 1.60. The summed E-state index contributed by atoms with van der Waals surface area (Å²) in [5.41, 5.74) is 0.733. The van der Waals surface area contributed by atoms with Crippen LogP contribution in [0.4, 0.5) is 5.13 Å². The first-order valence-corrected chi connectivity index (χ1v) is 8.87. The molecule has 4 rings (SSSR count). The maximum Gasteiger partial charge on any atom is 0.319 e. The van der Waals surface area contributed by atoms with Crippen molar-refractivity contribution in [2.75, 3.05) is 25.3 Å². The van der Waals surface area contributed by atoms with Crippen molar-refractivity contribution in [2.24, 2.45) is 5.10 Å². The van der Waals surface area contributed by atoms with Crippen molar-refractivity contribution < 1.29 is 23.4 Å². The van der Waals surface area contributed by atoms with Gasteiger partial charge >= 0.3 is 5.91 Å². The fourth-order valence-corrected chi connectivity index (χ4v) is 3.31. The molecule has 138 valence electrons. The Labute approximate surface area is 158 Å². The smallest absolute Gasteiger partial charge is 0.319 e. The summed E-state index contributed by atoms with van der Waals surface area (Å²) in [6.45, 7) is 0.692. The average Bonchev–Trinajstić information content (AvgIpc) is 3.37. The van der Waals surface area contributed by atoms with E-state index >= 15 is 0 Å². The quantitative estimate of drug-likeness (QED) is 0.495. The van der Waals surface area contributed by atoms with Gasteiger partial charge in [-0.15, -0.1) is 0 Å². The monoisotopic (exact) mass is 385 g/mol. The van der Waals surface area contributed by atoms with Gasteiger partial charge in [0.2, 0.25) is 10.9 Å². The molecule has 3 aromatic rings. The zero-order chi connectivity index (χ0) is 18.6. The molecule has 0 aliphatic carbocycles. The first kappa shape index (κ1) is 17.1. The highest BCUT2D eigenvalue weighted by atomic mass is 32.1. The van der Waals surface area contributed by atoms with Crippen molar-refractivity contribution in [1.29, 1.82) is 0 Å². The fourth-order valence-electron chi connectivity index (χ4n) is 2.36. The lowest BCUT2D eigenvalue weighted by molar-refractivity contribution is -0.119. The largest absolute Gasteiger partial charge is 0.497 e. The van der Waals surface area contributed by atoms with E-state index < -0.39 is 5.91 Å². The molecule has 9 heteroatoms. The molecule has 0 atom stereocenters. The van der Waals surface area contributed by atoms with Crippen LogP contribution in [0.3, 0.4) is 0 Å². The van der Waals surface area contributed by atoms with Gasteiger partial charge in [-0.25, -0.2) is 4.98 Å². The van der Waals surface area contributed by atoms with E-state index in [1.165, 1.54) is 35.1 Å². The van der Waals surface area contributed by atoms with Crippen LogP contribution in [-0.4, -0.2) is 37.4 Å². The second kappa shape index (κ2) is 7.50. The van der Waals surface area contributed by atoms with Crippen LogP contribution in [0.2, 0.25) is 0 Å². The van der Waals surface area contributed by atoms with Gasteiger partial charge in [-0.3, -0.25) is 4.79 Å². The van der Waals surface area contributed by atoms with E-state index in [-0.39, 0.29) is 5.76 Å². The van der Waals surface area contributed by atoms with E-state index in [4.69, 9.17) is 18.6 Å². The van der Waals surface area contributed by atoms with Crippen LogP contribution in [0, 0.1) is 0 Å². The molecule has 1 aromatic carbocycles. The summed E-state index contributed by atoms with van der Waals surface area (Å²) in [5.74, 6) is 0.796. The van der Waals surface area contributed by atoms with Crippen LogP contribution in [0.1, 0.15) is 5.76 Å². The predicted octanol–water partition coefficient (Wildman–Crippen LogP) is 3.15. The van der Waals surface area contributed by atoms with Gasteiger partial charge in [-0.05, 0) is 30.3 Å². The molecule has 3 heterocycles. The first-order valence-electron chi connectivity index (χ1n) is 8.06.